The molecule has 1 saturated heterocycles. The van der Waals surface area contributed by atoms with Crippen molar-refractivity contribution >= 4 is 27.2 Å². The van der Waals surface area contributed by atoms with E-state index in [9.17, 15) is 4.79 Å². The van der Waals surface area contributed by atoms with Gasteiger partial charge in [-0.25, -0.2) is 0 Å². The lowest BCUT2D eigenvalue weighted by atomic mass is 10.1. The van der Waals surface area contributed by atoms with Crippen LogP contribution in [-0.2, 0) is 6.54 Å². The highest BCUT2D eigenvalue weighted by molar-refractivity contribution is 7.17. The summed E-state index contributed by atoms with van der Waals surface area (Å²) in [5.41, 5.74) is 2.27. The summed E-state index contributed by atoms with van der Waals surface area (Å²) < 4.78 is 1.20. The number of piperazine rings is 1. The fraction of sp³-hybridized carbons (Fsp3) is 0.318. The second-order valence-corrected chi connectivity index (χ2v) is 7.83. The van der Waals surface area contributed by atoms with Gasteiger partial charge in [0.15, 0.2) is 5.78 Å². The molecule has 0 saturated carbocycles. The second-order valence-electron chi connectivity index (χ2n) is 6.92. The molecule has 0 amide bonds. The van der Waals surface area contributed by atoms with Crippen LogP contribution < -0.4 is 0 Å². The summed E-state index contributed by atoms with van der Waals surface area (Å²) in [5, 5.41) is 3.13. The molecule has 2 heterocycles. The molecule has 0 bridgehead atoms. The molecule has 4 rings (SSSR count). The lowest BCUT2D eigenvalue weighted by Crippen LogP contribution is -2.46. The highest BCUT2D eigenvalue weighted by atomic mass is 32.1. The van der Waals surface area contributed by atoms with Crippen molar-refractivity contribution in [3.63, 3.8) is 0 Å². The zero-order valence-corrected chi connectivity index (χ0v) is 15.8. The van der Waals surface area contributed by atoms with Gasteiger partial charge < -0.3 is 4.90 Å². The normalized spacial score (nSPS) is 16.2. The summed E-state index contributed by atoms with van der Waals surface area (Å²) in [5.74, 6) is 0.272. The molecule has 4 heteroatoms. The number of rotatable bonds is 6. The van der Waals surface area contributed by atoms with E-state index in [-0.39, 0.29) is 5.78 Å². The summed E-state index contributed by atoms with van der Waals surface area (Å²) in [6.07, 6.45) is 0.611. The van der Waals surface area contributed by atoms with E-state index in [1.165, 1.54) is 10.3 Å². The predicted molar refractivity (Wildman–Crippen MR) is 109 cm³/mol. The number of Topliss-reactive ketones (excluding diaryl/α,β-unsaturated/α-hetero) is 1. The van der Waals surface area contributed by atoms with Crippen LogP contribution in [0.5, 0.6) is 0 Å². The molecule has 1 aliphatic rings. The Balaban J connectivity index is 1.26. The molecule has 134 valence electrons. The average molecular weight is 365 g/mol. The largest absolute Gasteiger partial charge is 0.300 e. The van der Waals surface area contributed by atoms with Crippen molar-refractivity contribution in [1.29, 1.82) is 0 Å². The van der Waals surface area contributed by atoms with E-state index >= 15 is 0 Å². The van der Waals surface area contributed by atoms with Crippen molar-refractivity contribution in [2.75, 3.05) is 32.7 Å². The molecule has 0 aliphatic carbocycles. The zero-order valence-electron chi connectivity index (χ0n) is 14.9. The minimum atomic E-state index is 0.272. The Morgan fingerprint density at radius 3 is 2.38 bits per heavy atom. The minimum absolute atomic E-state index is 0.272. The van der Waals surface area contributed by atoms with Crippen LogP contribution in [0.2, 0.25) is 0 Å². The van der Waals surface area contributed by atoms with E-state index in [4.69, 9.17) is 0 Å². The summed E-state index contributed by atoms with van der Waals surface area (Å²) in [7, 11) is 0. The molecule has 3 aromatic rings. The minimum Gasteiger partial charge on any atom is -0.300 e. The molecular weight excluding hydrogens is 340 g/mol. The van der Waals surface area contributed by atoms with Crippen LogP contribution in [-0.4, -0.2) is 48.3 Å². The Morgan fingerprint density at radius 2 is 1.58 bits per heavy atom. The van der Waals surface area contributed by atoms with Crippen molar-refractivity contribution in [1.82, 2.24) is 9.80 Å². The van der Waals surface area contributed by atoms with E-state index < -0.39 is 0 Å². The Labute approximate surface area is 158 Å². The Bertz CT molecular complexity index is 866. The van der Waals surface area contributed by atoms with Gasteiger partial charge >= 0.3 is 0 Å². The summed E-state index contributed by atoms with van der Waals surface area (Å²) >= 11 is 1.66. The average Bonchev–Trinajstić information content (AvgIpc) is 3.12. The maximum Gasteiger partial charge on any atom is 0.165 e. The van der Waals surface area contributed by atoms with Crippen LogP contribution in [0.3, 0.4) is 0 Å². The van der Waals surface area contributed by atoms with Crippen LogP contribution in [0, 0.1) is 0 Å². The van der Waals surface area contributed by atoms with Gasteiger partial charge in [0.2, 0.25) is 0 Å². The van der Waals surface area contributed by atoms with E-state index in [1.807, 2.05) is 17.5 Å². The number of nitrogens with zero attached hydrogens (tertiary/aromatic N) is 2. The first-order chi connectivity index (χ1) is 12.8. The maximum absolute atomic E-state index is 12.6. The molecule has 1 aromatic heterocycles. The fourth-order valence-electron chi connectivity index (χ4n) is 3.60. The first-order valence-corrected chi connectivity index (χ1v) is 10.2. The first kappa shape index (κ1) is 17.4. The topological polar surface area (TPSA) is 23.6 Å². The Hall–Kier alpha value is -2.01. The van der Waals surface area contributed by atoms with Gasteiger partial charge in [-0.15, -0.1) is 11.3 Å². The third kappa shape index (κ3) is 4.04. The van der Waals surface area contributed by atoms with Gasteiger partial charge in [0.25, 0.3) is 0 Å². The van der Waals surface area contributed by atoms with Gasteiger partial charge in [-0.3, -0.25) is 9.69 Å². The zero-order chi connectivity index (χ0) is 17.8. The van der Waals surface area contributed by atoms with Crippen molar-refractivity contribution in [3.05, 3.63) is 71.1 Å². The van der Waals surface area contributed by atoms with Gasteiger partial charge in [0, 0.05) is 66.7 Å². The van der Waals surface area contributed by atoms with Crippen LogP contribution in [0.4, 0.5) is 0 Å². The highest BCUT2D eigenvalue weighted by Gasteiger charge is 2.19. The van der Waals surface area contributed by atoms with Crippen molar-refractivity contribution in [3.8, 4) is 0 Å². The molecule has 0 atom stereocenters. The monoisotopic (exact) mass is 364 g/mol. The number of hydrogen-bond donors (Lipinski definition) is 0. The van der Waals surface area contributed by atoms with E-state index in [2.05, 4.69) is 52.3 Å². The molecule has 0 N–H and O–H groups in total. The smallest absolute Gasteiger partial charge is 0.165 e. The SMILES string of the molecule is O=C(CCN1CCN(Cc2ccccc2)CC1)c1csc2ccccc12. The number of benzene rings is 2. The second kappa shape index (κ2) is 8.12. The van der Waals surface area contributed by atoms with Crippen LogP contribution in [0.15, 0.2) is 60.0 Å². The van der Waals surface area contributed by atoms with Gasteiger partial charge in [0.05, 0.1) is 0 Å². The molecule has 0 unspecified atom stereocenters. The standard InChI is InChI=1S/C22H24N2OS/c25-21(20-17-26-22-9-5-4-8-19(20)22)10-11-23-12-14-24(15-13-23)16-18-6-2-1-3-7-18/h1-9,17H,10-16H2. The number of ketones is 1. The fourth-order valence-corrected chi connectivity index (χ4v) is 4.57. The summed E-state index contributed by atoms with van der Waals surface area (Å²) in [4.78, 5) is 17.6. The van der Waals surface area contributed by atoms with Crippen LogP contribution in [0.1, 0.15) is 22.3 Å². The summed E-state index contributed by atoms with van der Waals surface area (Å²) in [6.45, 7) is 6.13. The van der Waals surface area contributed by atoms with Gasteiger partial charge in [-0.1, -0.05) is 48.5 Å². The van der Waals surface area contributed by atoms with Gasteiger partial charge in [-0.05, 0) is 11.6 Å². The molecule has 1 aliphatic heterocycles. The maximum atomic E-state index is 12.6. The third-order valence-corrected chi connectivity index (χ3v) is 6.11. The van der Waals surface area contributed by atoms with Crippen molar-refractivity contribution in [2.24, 2.45) is 0 Å². The quantitative estimate of drug-likeness (QED) is 0.610. The number of carbonyl (C=O) groups excluding carboxylic acids is 1. The molecule has 3 nitrogen and oxygen atoms in total. The molecular formula is C22H24N2OS. The lowest BCUT2D eigenvalue weighted by Gasteiger charge is -2.34. The van der Waals surface area contributed by atoms with E-state index in [0.717, 1.165) is 50.2 Å². The van der Waals surface area contributed by atoms with Gasteiger partial charge in [-0.2, -0.15) is 0 Å². The number of fused-ring (bicyclic) bond motifs is 1. The number of carbonyl (C=O) groups is 1. The van der Waals surface area contributed by atoms with Gasteiger partial charge in [0.1, 0.15) is 0 Å². The Morgan fingerprint density at radius 1 is 0.885 bits per heavy atom. The first-order valence-electron chi connectivity index (χ1n) is 9.28. The van der Waals surface area contributed by atoms with E-state index in [0.29, 0.717) is 6.42 Å². The summed E-state index contributed by atoms with van der Waals surface area (Å²) in [6, 6.07) is 18.8. The van der Waals surface area contributed by atoms with Crippen molar-refractivity contribution in [2.45, 2.75) is 13.0 Å². The molecule has 1 fully saturated rings. The van der Waals surface area contributed by atoms with E-state index in [1.54, 1.807) is 11.3 Å². The predicted octanol–water partition coefficient (Wildman–Crippen LogP) is 4.29. The van der Waals surface area contributed by atoms with Crippen LogP contribution in [0.25, 0.3) is 10.1 Å². The molecule has 26 heavy (non-hydrogen) atoms. The third-order valence-electron chi connectivity index (χ3n) is 5.15. The lowest BCUT2D eigenvalue weighted by molar-refractivity contribution is 0.0924. The highest BCUT2D eigenvalue weighted by Crippen LogP contribution is 2.26. The van der Waals surface area contributed by atoms with Crippen LogP contribution >= 0.6 is 11.3 Å². The number of thiophene rings is 1. The number of hydrogen-bond acceptors (Lipinski definition) is 4. The molecule has 0 radical (unpaired) electrons. The Kier molecular flexibility index (Phi) is 5.44. The molecule has 0 spiro atoms. The molecule has 2 aromatic carbocycles. The van der Waals surface area contributed by atoms with Crippen molar-refractivity contribution < 1.29 is 4.79 Å².